The lowest BCUT2D eigenvalue weighted by Crippen LogP contribution is -2.62. The van der Waals surface area contributed by atoms with Crippen LogP contribution < -0.4 is 5.56 Å². The number of carbonyl (C=O) groups excluding carboxylic acids is 1. The lowest BCUT2D eigenvalue weighted by atomic mass is 9.58. The number of aliphatic hydroxyl groups is 2. The molecule has 2 N–H and O–H groups in total. The van der Waals surface area contributed by atoms with E-state index in [1.165, 1.54) is 4.57 Å². The molecule has 2 fully saturated rings. The quantitative estimate of drug-likeness (QED) is 0.782. The van der Waals surface area contributed by atoms with Gasteiger partial charge in [0, 0.05) is 37.7 Å². The molecule has 0 aromatic carbocycles. The van der Waals surface area contributed by atoms with Crippen LogP contribution in [0.3, 0.4) is 0 Å². The Morgan fingerprint density at radius 2 is 1.78 bits per heavy atom. The van der Waals surface area contributed by atoms with Crippen LogP contribution in [-0.4, -0.2) is 50.9 Å². The molecule has 0 unspecified atom stereocenters. The van der Waals surface area contributed by atoms with Crippen molar-refractivity contribution < 1.29 is 15.0 Å². The van der Waals surface area contributed by atoms with Gasteiger partial charge in [0.05, 0.1) is 12.2 Å². The predicted molar refractivity (Wildman–Crippen MR) is 85.4 cm³/mol. The summed E-state index contributed by atoms with van der Waals surface area (Å²) in [7, 11) is 1.67. The molecule has 3 rings (SSSR count). The van der Waals surface area contributed by atoms with Gasteiger partial charge in [0.25, 0.3) is 11.5 Å². The van der Waals surface area contributed by atoms with Crippen LogP contribution in [0.5, 0.6) is 0 Å². The van der Waals surface area contributed by atoms with Gasteiger partial charge >= 0.3 is 0 Å². The third-order valence-corrected chi connectivity index (χ3v) is 5.84. The zero-order valence-electron chi connectivity index (χ0n) is 13.9. The molecule has 1 aliphatic carbocycles. The molecule has 2 atom stereocenters. The maximum Gasteiger partial charge on any atom is 0.263 e. The van der Waals surface area contributed by atoms with Crippen LogP contribution in [-0.2, 0) is 7.05 Å². The number of hydrogen-bond donors (Lipinski definition) is 2. The number of carbonyl (C=O) groups is 1. The summed E-state index contributed by atoms with van der Waals surface area (Å²) in [4.78, 5) is 26.9. The Bertz CT molecular complexity index is 691. The maximum absolute atomic E-state index is 12.8. The van der Waals surface area contributed by atoms with Gasteiger partial charge in [-0.05, 0) is 38.3 Å². The predicted octanol–water partition coefficient (Wildman–Crippen LogP) is 0.350. The van der Waals surface area contributed by atoms with E-state index in [0.29, 0.717) is 37.9 Å². The van der Waals surface area contributed by atoms with Crippen LogP contribution >= 0.6 is 0 Å². The number of aromatic nitrogens is 1. The van der Waals surface area contributed by atoms with Crippen molar-refractivity contribution in [3.63, 3.8) is 0 Å². The lowest BCUT2D eigenvalue weighted by Gasteiger charge is -2.54. The molecular weight excluding hydrogens is 296 g/mol. The highest BCUT2D eigenvalue weighted by Crippen LogP contribution is 2.49. The SMILES string of the molecule is Cc1cc(C)n(C)c(=O)c1C(=O)N1CCC2(CC1)[C@H](O)C[C@@H]2O. The van der Waals surface area contributed by atoms with Crippen LogP contribution in [0.25, 0.3) is 0 Å². The van der Waals surface area contributed by atoms with E-state index in [2.05, 4.69) is 0 Å². The fourth-order valence-electron chi connectivity index (χ4n) is 3.93. The van der Waals surface area contributed by atoms with Gasteiger partial charge < -0.3 is 19.7 Å². The molecule has 126 valence electrons. The molecule has 1 spiro atoms. The molecule has 2 heterocycles. The lowest BCUT2D eigenvalue weighted by molar-refractivity contribution is -0.187. The number of aryl methyl sites for hydroxylation is 2. The number of amides is 1. The smallest absolute Gasteiger partial charge is 0.263 e. The van der Waals surface area contributed by atoms with E-state index in [1.54, 1.807) is 18.9 Å². The van der Waals surface area contributed by atoms with E-state index in [0.717, 1.165) is 5.69 Å². The van der Waals surface area contributed by atoms with Gasteiger partial charge in [-0.2, -0.15) is 0 Å². The van der Waals surface area contributed by atoms with Crippen molar-refractivity contribution >= 4 is 5.91 Å². The average Bonchev–Trinajstić information content (AvgIpc) is 2.53. The molecule has 1 aliphatic heterocycles. The van der Waals surface area contributed by atoms with Crippen LogP contribution in [0.4, 0.5) is 0 Å². The highest BCUT2D eigenvalue weighted by Gasteiger charge is 2.55. The molecule has 1 aromatic heterocycles. The molecule has 6 nitrogen and oxygen atoms in total. The second-order valence-corrected chi connectivity index (χ2v) is 7.00. The number of aliphatic hydroxyl groups excluding tert-OH is 2. The van der Waals surface area contributed by atoms with Crippen molar-refractivity contribution in [3.8, 4) is 0 Å². The second kappa shape index (κ2) is 5.46. The Hall–Kier alpha value is -1.66. The van der Waals surface area contributed by atoms with Gasteiger partial charge in [0.2, 0.25) is 0 Å². The number of hydrogen-bond acceptors (Lipinski definition) is 4. The van der Waals surface area contributed by atoms with Gasteiger partial charge in [-0.3, -0.25) is 9.59 Å². The zero-order valence-corrected chi connectivity index (χ0v) is 13.9. The Labute approximate surface area is 135 Å². The van der Waals surface area contributed by atoms with E-state index in [-0.39, 0.29) is 17.0 Å². The fourth-order valence-corrected chi connectivity index (χ4v) is 3.93. The van der Waals surface area contributed by atoms with Crippen LogP contribution in [0.15, 0.2) is 10.9 Å². The minimum Gasteiger partial charge on any atom is -0.392 e. The molecule has 6 heteroatoms. The molecule has 23 heavy (non-hydrogen) atoms. The number of likely N-dealkylation sites (tertiary alicyclic amines) is 1. The van der Waals surface area contributed by atoms with Gasteiger partial charge in [0.15, 0.2) is 0 Å². The first-order chi connectivity index (χ1) is 10.8. The monoisotopic (exact) mass is 320 g/mol. The van der Waals surface area contributed by atoms with Gasteiger partial charge in [-0.1, -0.05) is 0 Å². The molecule has 1 saturated carbocycles. The van der Waals surface area contributed by atoms with Crippen molar-refractivity contribution in [3.05, 3.63) is 33.2 Å². The van der Waals surface area contributed by atoms with Crippen LogP contribution in [0, 0.1) is 19.3 Å². The van der Waals surface area contributed by atoms with E-state index in [4.69, 9.17) is 0 Å². The minimum atomic E-state index is -0.483. The molecule has 1 aromatic rings. The Kier molecular flexibility index (Phi) is 3.84. The fraction of sp³-hybridized carbons (Fsp3) is 0.647. The van der Waals surface area contributed by atoms with Crippen molar-refractivity contribution in [2.24, 2.45) is 12.5 Å². The highest BCUT2D eigenvalue weighted by molar-refractivity contribution is 5.95. The molecule has 0 radical (unpaired) electrons. The highest BCUT2D eigenvalue weighted by atomic mass is 16.3. The van der Waals surface area contributed by atoms with Crippen LogP contribution in [0.1, 0.15) is 40.9 Å². The summed E-state index contributed by atoms with van der Waals surface area (Å²) in [5.41, 5.74) is 1.02. The Balaban J connectivity index is 1.81. The molecular formula is C17H24N2O4. The summed E-state index contributed by atoms with van der Waals surface area (Å²) < 4.78 is 1.49. The maximum atomic E-state index is 12.8. The summed E-state index contributed by atoms with van der Waals surface area (Å²) in [6.45, 7) is 4.55. The first-order valence-corrected chi connectivity index (χ1v) is 8.10. The van der Waals surface area contributed by atoms with E-state index >= 15 is 0 Å². The van der Waals surface area contributed by atoms with Crippen molar-refractivity contribution in [1.29, 1.82) is 0 Å². The summed E-state index contributed by atoms with van der Waals surface area (Å²) >= 11 is 0. The third kappa shape index (κ3) is 2.32. The van der Waals surface area contributed by atoms with Crippen LogP contribution in [0.2, 0.25) is 0 Å². The number of rotatable bonds is 1. The first kappa shape index (κ1) is 16.2. The Morgan fingerprint density at radius 1 is 1.22 bits per heavy atom. The van der Waals surface area contributed by atoms with Crippen molar-refractivity contribution in [2.45, 2.75) is 45.3 Å². The minimum absolute atomic E-state index is 0.226. The molecule has 2 aliphatic rings. The largest absolute Gasteiger partial charge is 0.392 e. The second-order valence-electron chi connectivity index (χ2n) is 7.00. The molecule has 0 bridgehead atoms. The summed E-state index contributed by atoms with van der Waals surface area (Å²) in [5.74, 6) is -0.249. The van der Waals surface area contributed by atoms with Gasteiger partial charge in [0.1, 0.15) is 5.56 Å². The first-order valence-electron chi connectivity index (χ1n) is 8.10. The third-order valence-electron chi connectivity index (χ3n) is 5.84. The van der Waals surface area contributed by atoms with Crippen molar-refractivity contribution in [1.82, 2.24) is 9.47 Å². The number of pyridine rings is 1. The van der Waals surface area contributed by atoms with E-state index in [1.807, 2.05) is 13.0 Å². The Morgan fingerprint density at radius 3 is 2.30 bits per heavy atom. The average molecular weight is 320 g/mol. The van der Waals surface area contributed by atoms with E-state index in [9.17, 15) is 19.8 Å². The summed E-state index contributed by atoms with van der Waals surface area (Å²) in [6, 6.07) is 1.85. The molecule has 1 amide bonds. The standard InChI is InChI=1S/C17H24N2O4/c1-10-8-11(2)18(3)15(22)14(10)16(23)19-6-4-17(5-7-19)12(20)9-13(17)21/h8,12-13,20-21H,4-7,9H2,1-3H3/t12-,13+. The van der Waals surface area contributed by atoms with Crippen molar-refractivity contribution in [2.75, 3.05) is 13.1 Å². The normalized spacial score (nSPS) is 26.2. The van der Waals surface area contributed by atoms with Gasteiger partial charge in [-0.15, -0.1) is 0 Å². The van der Waals surface area contributed by atoms with E-state index < -0.39 is 17.6 Å². The van der Waals surface area contributed by atoms with Gasteiger partial charge in [-0.25, -0.2) is 0 Å². The summed E-state index contributed by atoms with van der Waals surface area (Å²) in [6.07, 6.45) is 0.608. The topological polar surface area (TPSA) is 82.8 Å². The molecule has 1 saturated heterocycles. The number of piperidine rings is 1. The zero-order chi connectivity index (χ0) is 16.9. The summed E-state index contributed by atoms with van der Waals surface area (Å²) in [5, 5.41) is 19.9. The number of nitrogens with zero attached hydrogens (tertiary/aromatic N) is 2.